The summed E-state index contributed by atoms with van der Waals surface area (Å²) in [6.07, 6.45) is 0. The summed E-state index contributed by atoms with van der Waals surface area (Å²) in [6, 6.07) is 16.6. The molecular formula is C21H20N4O3. The quantitative estimate of drug-likeness (QED) is 0.690. The van der Waals surface area contributed by atoms with Gasteiger partial charge < -0.3 is 20.1 Å². The van der Waals surface area contributed by atoms with E-state index in [2.05, 4.69) is 34.7 Å². The van der Waals surface area contributed by atoms with Crippen molar-refractivity contribution in [2.24, 2.45) is 0 Å². The third-order valence-corrected chi connectivity index (χ3v) is 4.38. The van der Waals surface area contributed by atoms with Gasteiger partial charge in [0.2, 0.25) is 6.79 Å². The Kier molecular flexibility index (Phi) is 4.80. The highest BCUT2D eigenvalue weighted by Gasteiger charge is 2.14. The van der Waals surface area contributed by atoms with Crippen LogP contribution < -0.4 is 20.1 Å². The topological polar surface area (TPSA) is 85.4 Å². The number of fused-ring (bicyclic) bond motifs is 1. The molecule has 1 aliphatic rings. The van der Waals surface area contributed by atoms with Crippen molar-refractivity contribution in [2.75, 3.05) is 17.4 Å². The van der Waals surface area contributed by atoms with Gasteiger partial charge in [-0.2, -0.15) is 0 Å². The summed E-state index contributed by atoms with van der Waals surface area (Å²) < 4.78 is 10.6. The van der Waals surface area contributed by atoms with Crippen molar-refractivity contribution in [1.82, 2.24) is 10.2 Å². The van der Waals surface area contributed by atoms with E-state index in [9.17, 15) is 4.79 Å². The zero-order valence-corrected chi connectivity index (χ0v) is 15.6. The molecule has 1 aliphatic heterocycles. The van der Waals surface area contributed by atoms with E-state index in [0.717, 1.165) is 11.4 Å². The van der Waals surface area contributed by atoms with Crippen LogP contribution in [-0.4, -0.2) is 22.9 Å². The number of hydrogen-bond donors (Lipinski definition) is 2. The van der Waals surface area contributed by atoms with E-state index in [1.165, 1.54) is 5.56 Å². The van der Waals surface area contributed by atoms with Gasteiger partial charge in [0.25, 0.3) is 5.91 Å². The van der Waals surface area contributed by atoms with Crippen LogP contribution in [-0.2, 0) is 0 Å². The molecule has 1 amide bonds. The first-order chi connectivity index (χ1) is 13.6. The molecule has 4 rings (SSSR count). The van der Waals surface area contributed by atoms with Crippen LogP contribution in [0.25, 0.3) is 0 Å². The molecule has 7 nitrogen and oxygen atoms in total. The molecule has 28 heavy (non-hydrogen) atoms. The van der Waals surface area contributed by atoms with E-state index in [0.29, 0.717) is 23.2 Å². The van der Waals surface area contributed by atoms with Crippen LogP contribution >= 0.6 is 0 Å². The molecule has 0 saturated carbocycles. The van der Waals surface area contributed by atoms with Gasteiger partial charge in [-0.05, 0) is 47.9 Å². The first kappa shape index (κ1) is 17.8. The second kappa shape index (κ2) is 7.56. The minimum absolute atomic E-state index is 0.225. The van der Waals surface area contributed by atoms with Crippen molar-refractivity contribution in [3.05, 3.63) is 65.9 Å². The molecule has 0 unspecified atom stereocenters. The third-order valence-electron chi connectivity index (χ3n) is 4.38. The molecule has 0 atom stereocenters. The van der Waals surface area contributed by atoms with Crippen molar-refractivity contribution < 1.29 is 14.3 Å². The molecule has 1 aromatic heterocycles. The molecule has 142 valence electrons. The molecular weight excluding hydrogens is 356 g/mol. The van der Waals surface area contributed by atoms with Crippen molar-refractivity contribution in [1.29, 1.82) is 0 Å². The number of benzene rings is 2. The lowest BCUT2D eigenvalue weighted by atomic mass is 10.0. The van der Waals surface area contributed by atoms with E-state index >= 15 is 0 Å². The van der Waals surface area contributed by atoms with Gasteiger partial charge in [-0.25, -0.2) is 0 Å². The smallest absolute Gasteiger partial charge is 0.276 e. The maximum atomic E-state index is 12.4. The number of carbonyl (C=O) groups is 1. The molecule has 0 saturated heterocycles. The predicted octanol–water partition coefficient (Wildman–Crippen LogP) is 4.32. The minimum atomic E-state index is -0.306. The van der Waals surface area contributed by atoms with E-state index in [1.807, 2.05) is 42.5 Å². The van der Waals surface area contributed by atoms with E-state index < -0.39 is 0 Å². The summed E-state index contributed by atoms with van der Waals surface area (Å²) in [5, 5.41) is 14.0. The lowest BCUT2D eigenvalue weighted by molar-refractivity contribution is 0.102. The summed E-state index contributed by atoms with van der Waals surface area (Å²) in [5.41, 5.74) is 2.97. The zero-order chi connectivity index (χ0) is 19.5. The Hall–Kier alpha value is -3.61. The molecule has 0 radical (unpaired) electrons. The van der Waals surface area contributed by atoms with Gasteiger partial charge in [-0.1, -0.05) is 26.0 Å². The van der Waals surface area contributed by atoms with E-state index in [1.54, 1.807) is 12.1 Å². The summed E-state index contributed by atoms with van der Waals surface area (Å²) in [7, 11) is 0. The first-order valence-corrected chi connectivity index (χ1v) is 9.00. The number of aromatic nitrogens is 2. The summed E-state index contributed by atoms with van der Waals surface area (Å²) in [6.45, 7) is 4.48. The van der Waals surface area contributed by atoms with Gasteiger partial charge in [0, 0.05) is 17.4 Å². The Bertz CT molecular complexity index is 986. The number of anilines is 3. The van der Waals surface area contributed by atoms with Crippen molar-refractivity contribution in [3.8, 4) is 11.5 Å². The van der Waals surface area contributed by atoms with Crippen LogP contribution in [0.2, 0.25) is 0 Å². The van der Waals surface area contributed by atoms with Gasteiger partial charge in [0.05, 0.1) is 0 Å². The number of amides is 1. The van der Waals surface area contributed by atoms with Crippen molar-refractivity contribution in [2.45, 2.75) is 19.8 Å². The summed E-state index contributed by atoms with van der Waals surface area (Å²) >= 11 is 0. The number of nitrogens with one attached hydrogen (secondary N) is 2. The predicted molar refractivity (Wildman–Crippen MR) is 106 cm³/mol. The Morgan fingerprint density at radius 2 is 1.68 bits per heavy atom. The number of ether oxygens (including phenoxy) is 2. The summed E-state index contributed by atoms with van der Waals surface area (Å²) in [4.78, 5) is 12.4. The highest BCUT2D eigenvalue weighted by atomic mass is 16.7. The second-order valence-corrected chi connectivity index (χ2v) is 6.73. The van der Waals surface area contributed by atoms with Gasteiger partial charge in [-0.3, -0.25) is 4.79 Å². The second-order valence-electron chi connectivity index (χ2n) is 6.73. The Morgan fingerprint density at radius 3 is 2.39 bits per heavy atom. The number of hydrogen-bond acceptors (Lipinski definition) is 6. The molecule has 0 spiro atoms. The van der Waals surface area contributed by atoms with Crippen molar-refractivity contribution in [3.63, 3.8) is 0 Å². The number of carbonyl (C=O) groups excluding carboxylic acids is 1. The standard InChI is InChI=1S/C21H20N4O3/c1-13(2)14-3-5-15(6-4-14)23-21(26)17-8-10-20(25-24-17)22-16-7-9-18-19(11-16)28-12-27-18/h3-11,13H,12H2,1-2H3,(H,22,25)(H,23,26). The van der Waals surface area contributed by atoms with E-state index in [4.69, 9.17) is 9.47 Å². The van der Waals surface area contributed by atoms with Gasteiger partial charge in [-0.15, -0.1) is 10.2 Å². The maximum Gasteiger partial charge on any atom is 0.276 e. The first-order valence-electron chi connectivity index (χ1n) is 9.00. The van der Waals surface area contributed by atoms with Crippen LogP contribution in [0.5, 0.6) is 11.5 Å². The molecule has 0 aliphatic carbocycles. The average Bonchev–Trinajstić information content (AvgIpc) is 3.17. The lowest BCUT2D eigenvalue weighted by Crippen LogP contribution is -2.14. The molecule has 3 aromatic rings. The number of rotatable bonds is 5. The molecule has 2 heterocycles. The monoisotopic (exact) mass is 376 g/mol. The fourth-order valence-electron chi connectivity index (χ4n) is 2.79. The van der Waals surface area contributed by atoms with Crippen LogP contribution in [0.4, 0.5) is 17.2 Å². The zero-order valence-electron chi connectivity index (χ0n) is 15.6. The van der Waals surface area contributed by atoms with Crippen LogP contribution in [0.1, 0.15) is 35.8 Å². The normalized spacial score (nSPS) is 12.1. The Morgan fingerprint density at radius 1 is 0.929 bits per heavy atom. The fraction of sp³-hybridized carbons (Fsp3) is 0.190. The van der Waals surface area contributed by atoms with Crippen LogP contribution in [0, 0.1) is 0 Å². The minimum Gasteiger partial charge on any atom is -0.454 e. The number of nitrogens with zero attached hydrogens (tertiary/aromatic N) is 2. The average molecular weight is 376 g/mol. The summed E-state index contributed by atoms with van der Waals surface area (Å²) in [5.74, 6) is 2.05. The van der Waals surface area contributed by atoms with Crippen LogP contribution in [0.3, 0.4) is 0 Å². The molecule has 2 aromatic carbocycles. The van der Waals surface area contributed by atoms with Gasteiger partial charge in [0.15, 0.2) is 23.0 Å². The SMILES string of the molecule is CC(C)c1ccc(NC(=O)c2ccc(Nc3ccc4c(c3)OCO4)nn2)cc1. The highest BCUT2D eigenvalue weighted by Crippen LogP contribution is 2.34. The lowest BCUT2D eigenvalue weighted by Gasteiger charge is -2.09. The molecule has 0 fully saturated rings. The van der Waals surface area contributed by atoms with Gasteiger partial charge in [0.1, 0.15) is 0 Å². The van der Waals surface area contributed by atoms with Crippen LogP contribution in [0.15, 0.2) is 54.6 Å². The highest BCUT2D eigenvalue weighted by molar-refractivity contribution is 6.02. The van der Waals surface area contributed by atoms with Crippen molar-refractivity contribution >= 4 is 23.1 Å². The largest absolute Gasteiger partial charge is 0.454 e. The van der Waals surface area contributed by atoms with E-state index in [-0.39, 0.29) is 18.4 Å². The maximum absolute atomic E-state index is 12.4. The molecule has 0 bridgehead atoms. The fourth-order valence-corrected chi connectivity index (χ4v) is 2.79. The molecule has 7 heteroatoms. The third kappa shape index (κ3) is 3.88. The Labute approximate surface area is 162 Å². The Balaban J connectivity index is 1.40. The van der Waals surface area contributed by atoms with Gasteiger partial charge >= 0.3 is 0 Å². The molecule has 2 N–H and O–H groups in total.